The number of anilines is 1. The average molecular weight is 167 g/mol. The molecule has 1 rings (SSSR count). The van der Waals surface area contributed by atoms with Crippen molar-refractivity contribution in [1.29, 1.82) is 0 Å². The molecule has 1 aromatic heterocycles. The summed E-state index contributed by atoms with van der Waals surface area (Å²) in [4.78, 5) is 11.1. The van der Waals surface area contributed by atoms with Crippen molar-refractivity contribution in [2.45, 2.75) is 19.8 Å². The van der Waals surface area contributed by atoms with Gasteiger partial charge in [0.25, 0.3) is 0 Å². The summed E-state index contributed by atoms with van der Waals surface area (Å²) in [5, 5.41) is 6.68. The van der Waals surface area contributed by atoms with Crippen molar-refractivity contribution in [3.05, 3.63) is 12.3 Å². The van der Waals surface area contributed by atoms with E-state index < -0.39 is 0 Å². The lowest BCUT2D eigenvalue weighted by molar-refractivity contribution is -0.116. The second kappa shape index (κ2) is 3.90. The van der Waals surface area contributed by atoms with E-state index in [0.29, 0.717) is 6.42 Å². The second-order valence-electron chi connectivity index (χ2n) is 2.64. The Hall–Kier alpha value is -1.32. The molecule has 1 heterocycles. The molecule has 0 aliphatic carbocycles. The van der Waals surface area contributed by atoms with Crippen LogP contribution in [-0.4, -0.2) is 15.7 Å². The maximum atomic E-state index is 11.1. The van der Waals surface area contributed by atoms with Crippen LogP contribution in [-0.2, 0) is 11.8 Å². The minimum absolute atomic E-state index is 0.0427. The van der Waals surface area contributed by atoms with Crippen LogP contribution in [0, 0.1) is 0 Å². The highest BCUT2D eigenvalue weighted by Gasteiger charge is 2.02. The third kappa shape index (κ3) is 2.08. The standard InChI is InChI=1S/C8H13N3O/c1-3-4-8(12)10-7-5-6-9-11(7)2/h5-6H,3-4H2,1-2H3,(H,10,12). The van der Waals surface area contributed by atoms with Gasteiger partial charge in [-0.1, -0.05) is 6.92 Å². The molecular formula is C8H13N3O. The van der Waals surface area contributed by atoms with Crippen molar-refractivity contribution in [2.24, 2.45) is 7.05 Å². The maximum absolute atomic E-state index is 11.1. The molecule has 12 heavy (non-hydrogen) atoms. The first-order chi connectivity index (χ1) is 5.74. The third-order valence-corrected chi connectivity index (χ3v) is 1.57. The highest BCUT2D eigenvalue weighted by molar-refractivity contribution is 5.89. The van der Waals surface area contributed by atoms with Crippen LogP contribution >= 0.6 is 0 Å². The van der Waals surface area contributed by atoms with E-state index in [4.69, 9.17) is 0 Å². The second-order valence-corrected chi connectivity index (χ2v) is 2.64. The number of amides is 1. The average Bonchev–Trinajstić information content (AvgIpc) is 2.37. The Bertz CT molecular complexity index is 267. The Labute approximate surface area is 71.6 Å². The molecule has 4 heteroatoms. The molecule has 0 spiro atoms. The topological polar surface area (TPSA) is 46.9 Å². The number of carbonyl (C=O) groups excluding carboxylic acids is 1. The molecule has 1 N–H and O–H groups in total. The van der Waals surface area contributed by atoms with E-state index in [9.17, 15) is 4.79 Å². The lowest BCUT2D eigenvalue weighted by Crippen LogP contribution is -2.13. The molecule has 0 fully saturated rings. The molecule has 1 aromatic rings. The summed E-state index contributed by atoms with van der Waals surface area (Å²) < 4.78 is 1.63. The van der Waals surface area contributed by atoms with Gasteiger partial charge in [0.05, 0.1) is 6.20 Å². The Morgan fingerprint density at radius 1 is 1.75 bits per heavy atom. The molecule has 66 valence electrons. The van der Waals surface area contributed by atoms with Gasteiger partial charge < -0.3 is 5.32 Å². The SMILES string of the molecule is CCCC(=O)Nc1ccnn1C. The number of aryl methyl sites for hydroxylation is 1. The molecule has 0 saturated carbocycles. The van der Waals surface area contributed by atoms with Gasteiger partial charge in [0.1, 0.15) is 5.82 Å². The Morgan fingerprint density at radius 2 is 2.50 bits per heavy atom. The van der Waals surface area contributed by atoms with E-state index in [1.165, 1.54) is 0 Å². The Morgan fingerprint density at radius 3 is 3.00 bits per heavy atom. The molecular weight excluding hydrogens is 154 g/mol. The molecule has 0 aliphatic rings. The van der Waals surface area contributed by atoms with Gasteiger partial charge in [0, 0.05) is 19.5 Å². The van der Waals surface area contributed by atoms with Crippen LogP contribution in [0.1, 0.15) is 19.8 Å². The molecule has 0 aromatic carbocycles. The minimum atomic E-state index is 0.0427. The summed E-state index contributed by atoms with van der Waals surface area (Å²) in [6, 6.07) is 1.77. The zero-order valence-electron chi connectivity index (χ0n) is 7.37. The molecule has 0 saturated heterocycles. The van der Waals surface area contributed by atoms with Gasteiger partial charge >= 0.3 is 0 Å². The number of nitrogens with zero attached hydrogens (tertiary/aromatic N) is 2. The predicted octanol–water partition coefficient (Wildman–Crippen LogP) is 1.16. The van der Waals surface area contributed by atoms with Crippen molar-refractivity contribution in [1.82, 2.24) is 9.78 Å². The van der Waals surface area contributed by atoms with Crippen molar-refractivity contribution >= 4 is 11.7 Å². The fraction of sp³-hybridized carbons (Fsp3) is 0.500. The van der Waals surface area contributed by atoms with Gasteiger partial charge in [0.2, 0.25) is 5.91 Å². The first-order valence-electron chi connectivity index (χ1n) is 4.02. The summed E-state index contributed by atoms with van der Waals surface area (Å²) in [5.41, 5.74) is 0. The first-order valence-corrected chi connectivity index (χ1v) is 4.02. The van der Waals surface area contributed by atoms with Crippen LogP contribution in [0.2, 0.25) is 0 Å². The van der Waals surface area contributed by atoms with Gasteiger partial charge in [-0.2, -0.15) is 5.10 Å². The lowest BCUT2D eigenvalue weighted by atomic mass is 10.3. The van der Waals surface area contributed by atoms with Crippen LogP contribution in [0.5, 0.6) is 0 Å². The van der Waals surface area contributed by atoms with Gasteiger partial charge in [-0.05, 0) is 6.42 Å². The van der Waals surface area contributed by atoms with E-state index in [0.717, 1.165) is 12.2 Å². The smallest absolute Gasteiger partial charge is 0.225 e. The summed E-state index contributed by atoms with van der Waals surface area (Å²) in [5.74, 6) is 0.787. The number of hydrogen-bond acceptors (Lipinski definition) is 2. The molecule has 0 bridgehead atoms. The molecule has 0 radical (unpaired) electrons. The number of aromatic nitrogens is 2. The highest BCUT2D eigenvalue weighted by atomic mass is 16.1. The van der Waals surface area contributed by atoms with Gasteiger partial charge in [-0.25, -0.2) is 0 Å². The summed E-state index contributed by atoms with van der Waals surface area (Å²) >= 11 is 0. The molecule has 0 unspecified atom stereocenters. The van der Waals surface area contributed by atoms with Crippen molar-refractivity contribution in [3.8, 4) is 0 Å². The quantitative estimate of drug-likeness (QED) is 0.734. The van der Waals surface area contributed by atoms with E-state index >= 15 is 0 Å². The maximum Gasteiger partial charge on any atom is 0.225 e. The summed E-state index contributed by atoms with van der Waals surface area (Å²) in [7, 11) is 1.79. The third-order valence-electron chi connectivity index (χ3n) is 1.57. The van der Waals surface area contributed by atoms with E-state index in [1.807, 2.05) is 6.92 Å². The first kappa shape index (κ1) is 8.77. The van der Waals surface area contributed by atoms with Crippen LogP contribution in [0.25, 0.3) is 0 Å². The molecule has 4 nitrogen and oxygen atoms in total. The van der Waals surface area contributed by atoms with Crippen LogP contribution in [0.3, 0.4) is 0 Å². The largest absolute Gasteiger partial charge is 0.311 e. The fourth-order valence-electron chi connectivity index (χ4n) is 0.929. The van der Waals surface area contributed by atoms with Crippen LogP contribution in [0.4, 0.5) is 5.82 Å². The normalized spacial score (nSPS) is 9.83. The number of nitrogens with one attached hydrogen (secondary N) is 1. The summed E-state index contributed by atoms with van der Waals surface area (Å²) in [6.07, 6.45) is 3.08. The Balaban J connectivity index is 2.52. The fourth-order valence-corrected chi connectivity index (χ4v) is 0.929. The number of carbonyl (C=O) groups is 1. The van der Waals surface area contributed by atoms with E-state index in [2.05, 4.69) is 10.4 Å². The zero-order valence-corrected chi connectivity index (χ0v) is 7.37. The lowest BCUT2D eigenvalue weighted by Gasteiger charge is -2.02. The monoisotopic (exact) mass is 167 g/mol. The summed E-state index contributed by atoms with van der Waals surface area (Å²) in [6.45, 7) is 1.98. The number of rotatable bonds is 3. The van der Waals surface area contributed by atoms with Gasteiger partial charge in [-0.3, -0.25) is 9.48 Å². The van der Waals surface area contributed by atoms with Crippen LogP contribution < -0.4 is 5.32 Å². The van der Waals surface area contributed by atoms with Crippen LogP contribution in [0.15, 0.2) is 12.3 Å². The van der Waals surface area contributed by atoms with Crippen molar-refractivity contribution in [2.75, 3.05) is 5.32 Å². The minimum Gasteiger partial charge on any atom is -0.311 e. The van der Waals surface area contributed by atoms with E-state index in [-0.39, 0.29) is 5.91 Å². The molecule has 1 amide bonds. The molecule has 0 atom stereocenters. The zero-order chi connectivity index (χ0) is 8.97. The van der Waals surface area contributed by atoms with Gasteiger partial charge in [-0.15, -0.1) is 0 Å². The molecule has 0 aliphatic heterocycles. The Kier molecular flexibility index (Phi) is 2.85. The van der Waals surface area contributed by atoms with Crippen molar-refractivity contribution in [3.63, 3.8) is 0 Å². The predicted molar refractivity (Wildman–Crippen MR) is 46.7 cm³/mol. The van der Waals surface area contributed by atoms with E-state index in [1.54, 1.807) is 24.0 Å². The van der Waals surface area contributed by atoms with Crippen molar-refractivity contribution < 1.29 is 4.79 Å². The highest BCUT2D eigenvalue weighted by Crippen LogP contribution is 2.03. The number of hydrogen-bond donors (Lipinski definition) is 1. The van der Waals surface area contributed by atoms with Gasteiger partial charge in [0.15, 0.2) is 0 Å².